The molecule has 0 amide bonds. The van der Waals surface area contributed by atoms with Gasteiger partial charge in [0.15, 0.2) is 0 Å². The first-order valence-electron chi connectivity index (χ1n) is 9.01. The number of carbonyl (C=O) groups is 1. The van der Waals surface area contributed by atoms with Gasteiger partial charge in [0.05, 0.1) is 5.69 Å². The molecule has 0 spiro atoms. The maximum Gasteiger partial charge on any atom is 0.311 e. The normalized spacial score (nSPS) is 10.4. The lowest BCUT2D eigenvalue weighted by Crippen LogP contribution is -2.08. The molecular weight excluding hydrogens is 338 g/mol. The number of esters is 1. The molecule has 0 atom stereocenters. The third kappa shape index (κ3) is 5.89. The topological polar surface area (TPSA) is 61.5 Å². The third-order valence-corrected chi connectivity index (χ3v) is 4.14. The van der Waals surface area contributed by atoms with E-state index in [4.69, 9.17) is 15.2 Å². The Morgan fingerprint density at radius 3 is 2.19 bits per heavy atom. The Kier molecular flexibility index (Phi) is 6.47. The number of anilines is 1. The zero-order valence-corrected chi connectivity index (χ0v) is 15.1. The summed E-state index contributed by atoms with van der Waals surface area (Å²) in [5, 5.41) is 0. The summed E-state index contributed by atoms with van der Waals surface area (Å²) in [6.07, 6.45) is 1.96. The fourth-order valence-corrected chi connectivity index (χ4v) is 2.72. The first-order valence-corrected chi connectivity index (χ1v) is 9.01. The van der Waals surface area contributed by atoms with Gasteiger partial charge in [-0.2, -0.15) is 0 Å². The van der Waals surface area contributed by atoms with Crippen molar-refractivity contribution < 1.29 is 14.3 Å². The zero-order valence-electron chi connectivity index (χ0n) is 15.1. The van der Waals surface area contributed by atoms with E-state index in [1.54, 1.807) is 18.2 Å². The van der Waals surface area contributed by atoms with E-state index in [-0.39, 0.29) is 5.97 Å². The number of nitrogen functional groups attached to an aromatic ring is 1. The van der Waals surface area contributed by atoms with Crippen molar-refractivity contribution in [3.8, 4) is 11.5 Å². The molecule has 2 N–H and O–H groups in total. The molecule has 0 heterocycles. The number of hydrogen-bond donors (Lipinski definition) is 1. The van der Waals surface area contributed by atoms with Gasteiger partial charge in [0, 0.05) is 12.5 Å². The molecule has 0 radical (unpaired) electrons. The molecule has 0 saturated heterocycles. The van der Waals surface area contributed by atoms with E-state index in [0.29, 0.717) is 30.2 Å². The van der Waals surface area contributed by atoms with Crippen LogP contribution in [0.15, 0.2) is 78.9 Å². The van der Waals surface area contributed by atoms with E-state index in [9.17, 15) is 4.79 Å². The maximum atomic E-state index is 12.0. The van der Waals surface area contributed by atoms with Gasteiger partial charge < -0.3 is 15.2 Å². The maximum absolute atomic E-state index is 12.0. The van der Waals surface area contributed by atoms with Crippen molar-refractivity contribution in [2.24, 2.45) is 0 Å². The third-order valence-electron chi connectivity index (χ3n) is 4.14. The van der Waals surface area contributed by atoms with Gasteiger partial charge in [0.2, 0.25) is 0 Å². The minimum absolute atomic E-state index is 0.261. The van der Waals surface area contributed by atoms with Gasteiger partial charge in [-0.15, -0.1) is 0 Å². The highest BCUT2D eigenvalue weighted by atomic mass is 16.5. The number of ether oxygens (including phenoxy) is 2. The van der Waals surface area contributed by atoms with Crippen LogP contribution in [-0.4, -0.2) is 5.97 Å². The average Bonchev–Trinajstić information content (AvgIpc) is 2.69. The molecular formula is C23H23NO3. The Morgan fingerprint density at radius 2 is 1.52 bits per heavy atom. The fourth-order valence-electron chi connectivity index (χ4n) is 2.72. The summed E-state index contributed by atoms with van der Waals surface area (Å²) in [7, 11) is 0. The van der Waals surface area contributed by atoms with Crippen molar-refractivity contribution in [3.63, 3.8) is 0 Å². The lowest BCUT2D eigenvalue weighted by Gasteiger charge is -2.11. The molecule has 0 fully saturated rings. The molecule has 0 aromatic heterocycles. The Hall–Kier alpha value is -3.27. The van der Waals surface area contributed by atoms with Crippen LogP contribution in [0.5, 0.6) is 11.5 Å². The van der Waals surface area contributed by atoms with Gasteiger partial charge in [-0.05, 0) is 36.1 Å². The summed E-state index contributed by atoms with van der Waals surface area (Å²) < 4.78 is 11.1. The van der Waals surface area contributed by atoms with Crippen LogP contribution < -0.4 is 15.2 Å². The molecule has 0 aliphatic carbocycles. The monoisotopic (exact) mass is 361 g/mol. The number of nitrogens with two attached hydrogens (primary N) is 1. The lowest BCUT2D eigenvalue weighted by molar-refractivity contribution is -0.134. The van der Waals surface area contributed by atoms with Crippen molar-refractivity contribution >= 4 is 11.7 Å². The predicted octanol–water partition coefficient (Wildman–Crippen LogP) is 4.78. The highest BCUT2D eigenvalue weighted by Crippen LogP contribution is 2.27. The van der Waals surface area contributed by atoms with Crippen LogP contribution in [0.25, 0.3) is 0 Å². The fraction of sp³-hybridized carbons (Fsp3) is 0.174. The summed E-state index contributed by atoms with van der Waals surface area (Å²) in [6, 6.07) is 25.0. The molecule has 3 aromatic carbocycles. The average molecular weight is 361 g/mol. The Labute approximate surface area is 159 Å². The Bertz CT molecular complexity index is 863. The molecule has 0 aliphatic heterocycles. The largest absolute Gasteiger partial charge is 0.487 e. The van der Waals surface area contributed by atoms with Gasteiger partial charge in [-0.1, -0.05) is 60.7 Å². The van der Waals surface area contributed by atoms with Crippen LogP contribution in [-0.2, 0) is 17.8 Å². The van der Waals surface area contributed by atoms with Crippen LogP contribution in [0, 0.1) is 0 Å². The molecule has 3 rings (SSSR count). The predicted molar refractivity (Wildman–Crippen MR) is 107 cm³/mol. The van der Waals surface area contributed by atoms with E-state index in [0.717, 1.165) is 18.4 Å². The van der Waals surface area contributed by atoms with Crippen LogP contribution in [0.2, 0.25) is 0 Å². The summed E-state index contributed by atoms with van der Waals surface area (Å²) in [4.78, 5) is 12.0. The van der Waals surface area contributed by atoms with Crippen molar-refractivity contribution in [3.05, 3.63) is 90.0 Å². The number of carbonyl (C=O) groups excluding carboxylic acids is 1. The summed E-state index contributed by atoms with van der Waals surface area (Å²) in [5.41, 5.74) is 8.74. The molecule has 4 heteroatoms. The van der Waals surface area contributed by atoms with Gasteiger partial charge >= 0.3 is 5.97 Å². The van der Waals surface area contributed by atoms with Gasteiger partial charge in [-0.3, -0.25) is 4.79 Å². The molecule has 0 saturated carbocycles. The smallest absolute Gasteiger partial charge is 0.311 e. The first-order chi connectivity index (χ1) is 13.2. The van der Waals surface area contributed by atoms with E-state index >= 15 is 0 Å². The van der Waals surface area contributed by atoms with Crippen molar-refractivity contribution in [1.29, 1.82) is 0 Å². The zero-order chi connectivity index (χ0) is 18.9. The Balaban J connectivity index is 1.47. The van der Waals surface area contributed by atoms with Crippen molar-refractivity contribution in [2.45, 2.75) is 25.9 Å². The van der Waals surface area contributed by atoms with Crippen LogP contribution in [0.4, 0.5) is 5.69 Å². The molecule has 3 aromatic rings. The SMILES string of the molecule is Nc1cc(OC(=O)CCCc2ccccc2)ccc1OCc1ccccc1. The quantitative estimate of drug-likeness (QED) is 0.356. The standard InChI is InChI=1S/C23H23NO3/c24-21-16-20(14-15-22(21)26-17-19-10-5-2-6-11-19)27-23(25)13-7-12-18-8-3-1-4-9-18/h1-6,8-11,14-16H,7,12-13,17,24H2. The molecule has 0 bridgehead atoms. The molecule has 27 heavy (non-hydrogen) atoms. The highest BCUT2D eigenvalue weighted by molar-refractivity contribution is 5.73. The van der Waals surface area contributed by atoms with E-state index < -0.39 is 0 Å². The van der Waals surface area contributed by atoms with Gasteiger partial charge in [0.25, 0.3) is 0 Å². The second-order valence-corrected chi connectivity index (χ2v) is 6.29. The second kappa shape index (κ2) is 9.43. The number of aryl methyl sites for hydroxylation is 1. The summed E-state index contributed by atoms with van der Waals surface area (Å²) >= 11 is 0. The second-order valence-electron chi connectivity index (χ2n) is 6.29. The van der Waals surface area contributed by atoms with Crippen LogP contribution in [0.3, 0.4) is 0 Å². The highest BCUT2D eigenvalue weighted by Gasteiger charge is 2.08. The number of benzene rings is 3. The number of hydrogen-bond acceptors (Lipinski definition) is 4. The van der Waals surface area contributed by atoms with E-state index in [2.05, 4.69) is 12.1 Å². The van der Waals surface area contributed by atoms with Gasteiger partial charge in [0.1, 0.15) is 18.1 Å². The van der Waals surface area contributed by atoms with Crippen molar-refractivity contribution in [2.75, 3.05) is 5.73 Å². The van der Waals surface area contributed by atoms with Gasteiger partial charge in [-0.25, -0.2) is 0 Å². The van der Waals surface area contributed by atoms with E-state index in [1.165, 1.54) is 5.56 Å². The first kappa shape index (κ1) is 18.5. The van der Waals surface area contributed by atoms with Crippen LogP contribution >= 0.6 is 0 Å². The summed E-state index contributed by atoms with van der Waals surface area (Å²) in [6.45, 7) is 0.434. The molecule has 4 nitrogen and oxygen atoms in total. The van der Waals surface area contributed by atoms with Crippen molar-refractivity contribution in [1.82, 2.24) is 0 Å². The minimum atomic E-state index is -0.261. The summed E-state index contributed by atoms with van der Waals surface area (Å²) in [5.74, 6) is 0.746. The minimum Gasteiger partial charge on any atom is -0.487 e. The molecule has 138 valence electrons. The van der Waals surface area contributed by atoms with E-state index in [1.807, 2.05) is 48.5 Å². The lowest BCUT2D eigenvalue weighted by atomic mass is 10.1. The van der Waals surface area contributed by atoms with Crippen LogP contribution in [0.1, 0.15) is 24.0 Å². The number of rotatable bonds is 8. The molecule has 0 aliphatic rings. The molecule has 0 unspecified atom stereocenters. The Morgan fingerprint density at radius 1 is 0.852 bits per heavy atom.